The summed E-state index contributed by atoms with van der Waals surface area (Å²) in [6, 6.07) is 20.1. The molecule has 0 atom stereocenters. The molecular formula is C31H29FN4O4. The number of hydrogen-bond acceptors (Lipinski definition) is 6. The van der Waals surface area contributed by atoms with Crippen molar-refractivity contribution in [3.05, 3.63) is 113 Å². The second-order valence-electron chi connectivity index (χ2n) is 9.40. The predicted molar refractivity (Wildman–Crippen MR) is 152 cm³/mol. The van der Waals surface area contributed by atoms with Gasteiger partial charge in [0.25, 0.3) is 11.8 Å². The van der Waals surface area contributed by atoms with E-state index in [1.54, 1.807) is 60.9 Å². The van der Waals surface area contributed by atoms with Crippen LogP contribution in [0.2, 0.25) is 0 Å². The molecule has 2 N–H and O–H groups in total. The Morgan fingerprint density at radius 2 is 1.62 bits per heavy atom. The van der Waals surface area contributed by atoms with Crippen LogP contribution in [0.25, 0.3) is 0 Å². The van der Waals surface area contributed by atoms with Crippen molar-refractivity contribution in [2.75, 3.05) is 41.8 Å². The zero-order valence-corrected chi connectivity index (χ0v) is 22.0. The molecule has 2 heterocycles. The van der Waals surface area contributed by atoms with Gasteiger partial charge in [-0.25, -0.2) is 4.39 Å². The van der Waals surface area contributed by atoms with Crippen molar-refractivity contribution >= 4 is 28.9 Å². The van der Waals surface area contributed by atoms with E-state index in [4.69, 9.17) is 9.47 Å². The number of pyridine rings is 1. The SMILES string of the molecule is Cc1ccc(NC(=O)c2cc(F)cc(N3CCOCC3)c2)cc1NC(=O)c1ccc(OCc2ccncc2)cc1. The molecule has 0 spiro atoms. The zero-order chi connectivity index (χ0) is 27.9. The molecule has 2 amide bonds. The molecule has 1 fully saturated rings. The maximum Gasteiger partial charge on any atom is 0.255 e. The molecule has 9 heteroatoms. The summed E-state index contributed by atoms with van der Waals surface area (Å²) in [4.78, 5) is 31.9. The summed E-state index contributed by atoms with van der Waals surface area (Å²) >= 11 is 0. The fourth-order valence-electron chi connectivity index (χ4n) is 4.29. The van der Waals surface area contributed by atoms with Gasteiger partial charge in [0.05, 0.1) is 13.2 Å². The molecule has 0 unspecified atom stereocenters. The minimum atomic E-state index is -0.486. The normalized spacial score (nSPS) is 13.0. The van der Waals surface area contributed by atoms with Crippen LogP contribution >= 0.6 is 0 Å². The molecule has 5 rings (SSSR count). The first-order valence-corrected chi connectivity index (χ1v) is 12.9. The Balaban J connectivity index is 1.23. The molecule has 8 nitrogen and oxygen atoms in total. The maximum atomic E-state index is 14.4. The molecule has 0 bridgehead atoms. The van der Waals surface area contributed by atoms with Gasteiger partial charge in [-0.3, -0.25) is 14.6 Å². The van der Waals surface area contributed by atoms with Crippen LogP contribution in [0.1, 0.15) is 31.8 Å². The Bertz CT molecular complexity index is 1490. The zero-order valence-electron chi connectivity index (χ0n) is 22.0. The van der Waals surface area contributed by atoms with Crippen molar-refractivity contribution in [2.45, 2.75) is 13.5 Å². The summed E-state index contributed by atoms with van der Waals surface area (Å²) in [6.45, 7) is 4.63. The number of amides is 2. The summed E-state index contributed by atoms with van der Waals surface area (Å²) in [6.07, 6.45) is 3.41. The molecule has 1 saturated heterocycles. The Morgan fingerprint density at radius 1 is 0.900 bits per heavy atom. The van der Waals surface area contributed by atoms with E-state index in [0.717, 1.165) is 11.1 Å². The standard InChI is InChI=1S/C31H29FN4O4/c1-21-2-5-26(34-31(38)24-16-25(32)18-27(17-24)36-12-14-39-15-13-36)19-29(21)35-30(37)23-3-6-28(7-4-23)40-20-22-8-10-33-11-9-22/h2-11,16-19H,12-15,20H2,1H3,(H,34,38)(H,35,37). The highest BCUT2D eigenvalue weighted by atomic mass is 19.1. The van der Waals surface area contributed by atoms with E-state index in [1.165, 1.54) is 12.1 Å². The van der Waals surface area contributed by atoms with Gasteiger partial charge in [0.1, 0.15) is 18.2 Å². The topological polar surface area (TPSA) is 92.8 Å². The number of aryl methyl sites for hydroxylation is 1. The largest absolute Gasteiger partial charge is 0.489 e. The lowest BCUT2D eigenvalue weighted by Crippen LogP contribution is -2.36. The van der Waals surface area contributed by atoms with E-state index in [0.29, 0.717) is 61.3 Å². The van der Waals surface area contributed by atoms with E-state index in [2.05, 4.69) is 15.6 Å². The van der Waals surface area contributed by atoms with Gasteiger partial charge >= 0.3 is 0 Å². The lowest BCUT2D eigenvalue weighted by molar-refractivity contribution is 0.101. The van der Waals surface area contributed by atoms with Crippen LogP contribution in [0.4, 0.5) is 21.5 Å². The average molecular weight is 541 g/mol. The quantitative estimate of drug-likeness (QED) is 0.309. The molecule has 4 aromatic rings. The number of carbonyl (C=O) groups is 2. The average Bonchev–Trinajstić information content (AvgIpc) is 2.98. The minimum Gasteiger partial charge on any atom is -0.489 e. The van der Waals surface area contributed by atoms with E-state index >= 15 is 0 Å². The summed E-state index contributed by atoms with van der Waals surface area (Å²) < 4.78 is 25.5. The molecule has 3 aromatic carbocycles. The Labute approximate surface area is 231 Å². The second kappa shape index (κ2) is 12.4. The first kappa shape index (κ1) is 26.8. The molecule has 1 aliphatic rings. The fraction of sp³-hybridized carbons (Fsp3) is 0.194. The van der Waals surface area contributed by atoms with Gasteiger partial charge in [0.15, 0.2) is 0 Å². The molecule has 204 valence electrons. The summed E-state index contributed by atoms with van der Waals surface area (Å²) in [7, 11) is 0. The fourth-order valence-corrected chi connectivity index (χ4v) is 4.29. The number of morpholine rings is 1. The minimum absolute atomic E-state index is 0.207. The highest BCUT2D eigenvalue weighted by Gasteiger charge is 2.16. The van der Waals surface area contributed by atoms with E-state index in [-0.39, 0.29) is 11.5 Å². The molecule has 0 radical (unpaired) electrons. The summed E-state index contributed by atoms with van der Waals surface area (Å²) in [5.74, 6) is -0.590. The van der Waals surface area contributed by atoms with Crippen LogP contribution in [0.3, 0.4) is 0 Å². The van der Waals surface area contributed by atoms with Gasteiger partial charge in [-0.2, -0.15) is 0 Å². The number of nitrogens with zero attached hydrogens (tertiary/aromatic N) is 2. The number of nitrogens with one attached hydrogen (secondary N) is 2. The molecule has 0 aliphatic carbocycles. The van der Waals surface area contributed by atoms with Gasteiger partial charge in [-0.1, -0.05) is 6.07 Å². The Morgan fingerprint density at radius 3 is 2.38 bits per heavy atom. The Hall–Kier alpha value is -4.76. The van der Waals surface area contributed by atoms with Gasteiger partial charge in [0, 0.05) is 53.7 Å². The van der Waals surface area contributed by atoms with Crippen molar-refractivity contribution < 1.29 is 23.5 Å². The Kier molecular flexibility index (Phi) is 8.32. The summed E-state index contributed by atoms with van der Waals surface area (Å²) in [5, 5.41) is 5.71. The highest BCUT2D eigenvalue weighted by Crippen LogP contribution is 2.24. The van der Waals surface area contributed by atoms with E-state index < -0.39 is 11.7 Å². The number of ether oxygens (including phenoxy) is 2. The van der Waals surface area contributed by atoms with Crippen molar-refractivity contribution in [1.29, 1.82) is 0 Å². The molecule has 1 aliphatic heterocycles. The first-order valence-electron chi connectivity index (χ1n) is 12.9. The number of anilines is 3. The number of hydrogen-bond donors (Lipinski definition) is 2. The maximum absolute atomic E-state index is 14.4. The van der Waals surface area contributed by atoms with Crippen LogP contribution in [0.15, 0.2) is 85.2 Å². The third-order valence-electron chi connectivity index (χ3n) is 6.54. The molecule has 40 heavy (non-hydrogen) atoms. The van der Waals surface area contributed by atoms with Crippen molar-refractivity contribution in [2.24, 2.45) is 0 Å². The van der Waals surface area contributed by atoms with Crippen LogP contribution in [-0.2, 0) is 11.3 Å². The van der Waals surface area contributed by atoms with Crippen LogP contribution in [0.5, 0.6) is 5.75 Å². The number of benzene rings is 3. The lowest BCUT2D eigenvalue weighted by atomic mass is 10.1. The third kappa shape index (κ3) is 6.81. The number of halogens is 1. The van der Waals surface area contributed by atoms with E-state index in [9.17, 15) is 14.0 Å². The van der Waals surface area contributed by atoms with Crippen LogP contribution in [0, 0.1) is 12.7 Å². The number of rotatable bonds is 8. The molecule has 0 saturated carbocycles. The van der Waals surface area contributed by atoms with Crippen molar-refractivity contribution in [3.63, 3.8) is 0 Å². The van der Waals surface area contributed by atoms with Crippen LogP contribution < -0.4 is 20.3 Å². The first-order chi connectivity index (χ1) is 19.4. The smallest absolute Gasteiger partial charge is 0.255 e. The number of aromatic nitrogens is 1. The predicted octanol–water partition coefficient (Wildman–Crippen LogP) is 5.45. The van der Waals surface area contributed by atoms with Gasteiger partial charge in [0.2, 0.25) is 0 Å². The van der Waals surface area contributed by atoms with Gasteiger partial charge in [-0.15, -0.1) is 0 Å². The molecule has 1 aromatic heterocycles. The highest BCUT2D eigenvalue weighted by molar-refractivity contribution is 6.07. The second-order valence-corrected chi connectivity index (χ2v) is 9.40. The van der Waals surface area contributed by atoms with Gasteiger partial charge in [-0.05, 0) is 84.8 Å². The molecular weight excluding hydrogens is 511 g/mol. The monoisotopic (exact) mass is 540 g/mol. The third-order valence-corrected chi connectivity index (χ3v) is 6.54. The van der Waals surface area contributed by atoms with Crippen LogP contribution in [-0.4, -0.2) is 43.1 Å². The van der Waals surface area contributed by atoms with E-state index in [1.807, 2.05) is 24.0 Å². The van der Waals surface area contributed by atoms with Crippen molar-refractivity contribution in [1.82, 2.24) is 4.98 Å². The lowest BCUT2D eigenvalue weighted by Gasteiger charge is -2.29. The summed E-state index contributed by atoms with van der Waals surface area (Å²) in [5.41, 5.74) is 4.15. The number of carbonyl (C=O) groups excluding carboxylic acids is 2. The van der Waals surface area contributed by atoms with Crippen molar-refractivity contribution in [3.8, 4) is 5.75 Å². The van der Waals surface area contributed by atoms with Gasteiger partial charge < -0.3 is 25.0 Å².